The van der Waals surface area contributed by atoms with Gasteiger partial charge in [-0.3, -0.25) is 14.6 Å². The molecule has 0 atom stereocenters. The monoisotopic (exact) mass is 520 g/mol. The second-order valence-electron chi connectivity index (χ2n) is 10.1. The van der Waals surface area contributed by atoms with Crippen LogP contribution in [0.3, 0.4) is 0 Å². The maximum atomic E-state index is 13.1. The Bertz CT molecular complexity index is 1640. The summed E-state index contributed by atoms with van der Waals surface area (Å²) in [6.07, 6.45) is 3.47. The molecular weight excluding hydrogens is 492 g/mol. The van der Waals surface area contributed by atoms with E-state index in [0.717, 1.165) is 33.2 Å². The normalized spacial score (nSPS) is 11.5. The number of carbonyl (C=O) groups excluding carboxylic acids is 1. The van der Waals surface area contributed by atoms with Crippen molar-refractivity contribution in [1.82, 2.24) is 9.97 Å². The lowest BCUT2D eigenvalue weighted by molar-refractivity contribution is -0.148. The number of hydrogen-bond acceptors (Lipinski definition) is 6. The molecule has 0 amide bonds. The van der Waals surface area contributed by atoms with Crippen LogP contribution < -0.4 is 4.74 Å². The third kappa shape index (κ3) is 5.57. The molecule has 5 rings (SSSR count). The number of rotatable bonds is 9. The SMILES string of the molecule is Cc1c(C(=O)Cc2ccc(-c3ccc(OCC(C)(C)C(=O)O)nc3)nc2)oc2ccc(-c3ccccc3)cc12. The summed E-state index contributed by atoms with van der Waals surface area (Å²) >= 11 is 0. The summed E-state index contributed by atoms with van der Waals surface area (Å²) in [6.45, 7) is 5.11. The average Bonchev–Trinajstić information content (AvgIpc) is 3.29. The number of carboxylic acids is 1. The molecule has 0 aliphatic carbocycles. The van der Waals surface area contributed by atoms with E-state index in [1.807, 2.05) is 55.5 Å². The van der Waals surface area contributed by atoms with Gasteiger partial charge in [-0.25, -0.2) is 4.98 Å². The van der Waals surface area contributed by atoms with Crippen LogP contribution in [0.25, 0.3) is 33.4 Å². The van der Waals surface area contributed by atoms with Gasteiger partial charge in [-0.15, -0.1) is 0 Å². The van der Waals surface area contributed by atoms with Crippen molar-refractivity contribution >= 4 is 22.7 Å². The van der Waals surface area contributed by atoms with Gasteiger partial charge in [-0.05, 0) is 61.7 Å². The molecule has 0 spiro atoms. The highest BCUT2D eigenvalue weighted by molar-refractivity contribution is 6.02. The van der Waals surface area contributed by atoms with Crippen LogP contribution in [0.4, 0.5) is 0 Å². The highest BCUT2D eigenvalue weighted by Gasteiger charge is 2.28. The topological polar surface area (TPSA) is 103 Å². The van der Waals surface area contributed by atoms with E-state index in [-0.39, 0.29) is 18.8 Å². The van der Waals surface area contributed by atoms with Gasteiger partial charge in [0.2, 0.25) is 11.7 Å². The Morgan fingerprint density at radius 2 is 1.67 bits per heavy atom. The summed E-state index contributed by atoms with van der Waals surface area (Å²) in [6, 6.07) is 23.3. The molecule has 0 unspecified atom stereocenters. The number of furan rings is 1. The minimum absolute atomic E-state index is 0.00848. The van der Waals surface area contributed by atoms with Crippen LogP contribution in [0, 0.1) is 12.3 Å². The number of carboxylic acid groups (broad SMARTS) is 1. The van der Waals surface area contributed by atoms with Crippen molar-refractivity contribution in [1.29, 1.82) is 0 Å². The number of nitrogens with zero attached hydrogens (tertiary/aromatic N) is 2. The lowest BCUT2D eigenvalue weighted by Crippen LogP contribution is -2.30. The summed E-state index contributed by atoms with van der Waals surface area (Å²) in [5.74, 6) is -0.334. The largest absolute Gasteiger partial charge is 0.481 e. The summed E-state index contributed by atoms with van der Waals surface area (Å²) in [4.78, 5) is 33.1. The maximum Gasteiger partial charge on any atom is 0.312 e. The van der Waals surface area contributed by atoms with Gasteiger partial charge in [0.25, 0.3) is 0 Å². The number of aliphatic carboxylic acids is 1. The van der Waals surface area contributed by atoms with Crippen molar-refractivity contribution < 1.29 is 23.8 Å². The number of aryl methyl sites for hydroxylation is 1. The molecule has 1 N–H and O–H groups in total. The van der Waals surface area contributed by atoms with E-state index >= 15 is 0 Å². The molecule has 0 aliphatic rings. The van der Waals surface area contributed by atoms with Crippen LogP contribution in [0.1, 0.15) is 35.5 Å². The second-order valence-corrected chi connectivity index (χ2v) is 10.1. The molecule has 196 valence electrons. The molecule has 7 nitrogen and oxygen atoms in total. The van der Waals surface area contributed by atoms with Gasteiger partial charge in [-0.2, -0.15) is 0 Å². The Kier molecular flexibility index (Phi) is 6.98. The summed E-state index contributed by atoms with van der Waals surface area (Å²) < 4.78 is 11.5. The number of pyridine rings is 2. The number of ketones is 1. The molecule has 0 radical (unpaired) electrons. The maximum absolute atomic E-state index is 13.1. The Balaban J connectivity index is 1.27. The van der Waals surface area contributed by atoms with Crippen LogP contribution in [-0.2, 0) is 11.2 Å². The number of aromatic nitrogens is 2. The number of ether oxygens (including phenoxy) is 1. The van der Waals surface area contributed by atoms with Crippen molar-refractivity contribution in [3.63, 3.8) is 0 Å². The van der Waals surface area contributed by atoms with Crippen molar-refractivity contribution in [2.75, 3.05) is 6.61 Å². The van der Waals surface area contributed by atoms with Crippen molar-refractivity contribution in [3.05, 3.63) is 102 Å². The number of carbonyl (C=O) groups is 2. The Labute approximate surface area is 226 Å². The van der Waals surface area contributed by atoms with Gasteiger partial charge in [0.1, 0.15) is 12.2 Å². The smallest absolute Gasteiger partial charge is 0.312 e. The Morgan fingerprint density at radius 3 is 2.33 bits per heavy atom. The summed E-state index contributed by atoms with van der Waals surface area (Å²) in [5.41, 5.74) is 4.94. The molecular formula is C32H28N2O5. The zero-order chi connectivity index (χ0) is 27.6. The number of fused-ring (bicyclic) bond motifs is 1. The minimum Gasteiger partial charge on any atom is -0.481 e. The first-order chi connectivity index (χ1) is 18.7. The Morgan fingerprint density at radius 1 is 0.897 bits per heavy atom. The molecule has 2 aromatic carbocycles. The van der Waals surface area contributed by atoms with Crippen molar-refractivity contribution in [2.24, 2.45) is 5.41 Å². The second kappa shape index (κ2) is 10.5. The predicted octanol–water partition coefficient (Wildman–Crippen LogP) is 6.78. The molecule has 0 fully saturated rings. The highest BCUT2D eigenvalue weighted by atomic mass is 16.5. The van der Waals surface area contributed by atoms with Crippen LogP contribution in [0.15, 0.2) is 89.6 Å². The molecule has 39 heavy (non-hydrogen) atoms. The third-order valence-corrected chi connectivity index (χ3v) is 6.68. The van der Waals surface area contributed by atoms with Gasteiger partial charge >= 0.3 is 5.97 Å². The quantitative estimate of drug-likeness (QED) is 0.214. The third-order valence-electron chi connectivity index (χ3n) is 6.68. The number of Topliss-reactive ketones (excluding diaryl/α,β-unsaturated/α-hetero) is 1. The van der Waals surface area contributed by atoms with E-state index < -0.39 is 11.4 Å². The molecule has 0 saturated heterocycles. The summed E-state index contributed by atoms with van der Waals surface area (Å²) in [5, 5.41) is 10.1. The fourth-order valence-electron chi connectivity index (χ4n) is 4.20. The van der Waals surface area contributed by atoms with Gasteiger partial charge in [0, 0.05) is 41.4 Å². The van der Waals surface area contributed by atoms with Crippen LogP contribution in [-0.4, -0.2) is 33.4 Å². The van der Waals surface area contributed by atoms with Crippen LogP contribution >= 0.6 is 0 Å². The lowest BCUT2D eigenvalue weighted by atomic mass is 9.95. The average molecular weight is 521 g/mol. The van der Waals surface area contributed by atoms with E-state index in [4.69, 9.17) is 9.15 Å². The highest BCUT2D eigenvalue weighted by Crippen LogP contribution is 2.31. The molecule has 7 heteroatoms. The fourth-order valence-corrected chi connectivity index (χ4v) is 4.20. The zero-order valence-electron chi connectivity index (χ0n) is 22.0. The van der Waals surface area contributed by atoms with Crippen LogP contribution in [0.2, 0.25) is 0 Å². The first-order valence-electron chi connectivity index (χ1n) is 12.6. The minimum atomic E-state index is -1.01. The van der Waals surface area contributed by atoms with Gasteiger partial charge in [-0.1, -0.05) is 42.5 Å². The van der Waals surface area contributed by atoms with E-state index in [2.05, 4.69) is 28.2 Å². The fraction of sp³-hybridized carbons (Fsp3) is 0.188. The van der Waals surface area contributed by atoms with E-state index in [1.165, 1.54) is 0 Å². The van der Waals surface area contributed by atoms with E-state index in [1.54, 1.807) is 32.3 Å². The molecule has 5 aromatic rings. The molecule has 3 aromatic heterocycles. The Hall–Kier alpha value is -4.78. The lowest BCUT2D eigenvalue weighted by Gasteiger charge is -2.18. The van der Waals surface area contributed by atoms with Gasteiger partial charge in [0.15, 0.2) is 5.76 Å². The van der Waals surface area contributed by atoms with Crippen molar-refractivity contribution in [3.8, 4) is 28.3 Å². The molecule has 0 aliphatic heterocycles. The zero-order valence-corrected chi connectivity index (χ0v) is 22.0. The van der Waals surface area contributed by atoms with Gasteiger partial charge < -0.3 is 14.3 Å². The van der Waals surface area contributed by atoms with E-state index in [0.29, 0.717) is 22.9 Å². The predicted molar refractivity (Wildman–Crippen MR) is 149 cm³/mol. The van der Waals surface area contributed by atoms with E-state index in [9.17, 15) is 14.7 Å². The first-order valence-corrected chi connectivity index (χ1v) is 12.6. The first kappa shape index (κ1) is 25.9. The molecule has 0 bridgehead atoms. The molecule has 0 saturated carbocycles. The summed E-state index contributed by atoms with van der Waals surface area (Å²) in [7, 11) is 0. The standard InChI is InChI=1S/C32H28N2O5/c1-20-25-16-23(22-7-5-4-6-8-22)10-13-28(25)39-30(20)27(35)15-21-9-12-26(33-17-21)24-11-14-29(34-18-24)38-19-32(2,3)31(36)37/h4-14,16-18H,15,19H2,1-3H3,(H,36,37). The number of hydrogen-bond donors (Lipinski definition) is 1. The van der Waals surface area contributed by atoms with Crippen LogP contribution in [0.5, 0.6) is 5.88 Å². The molecule has 3 heterocycles. The van der Waals surface area contributed by atoms with Gasteiger partial charge in [0.05, 0.1) is 11.1 Å². The number of benzene rings is 2. The van der Waals surface area contributed by atoms with Crippen molar-refractivity contribution in [2.45, 2.75) is 27.2 Å².